The number of nitrogens with zero attached hydrogens (tertiary/aromatic N) is 2. The van der Waals surface area contributed by atoms with E-state index in [1.54, 1.807) is 0 Å². The first kappa shape index (κ1) is 32.0. The molecule has 56 heavy (non-hydrogen) atoms. The quantitative estimate of drug-likeness (QED) is 0.158. The molecule has 11 aromatic rings. The van der Waals surface area contributed by atoms with Gasteiger partial charge in [-0.1, -0.05) is 146 Å². The average Bonchev–Trinajstić information content (AvgIpc) is 3.27. The van der Waals surface area contributed by atoms with E-state index in [9.17, 15) is 0 Å². The van der Waals surface area contributed by atoms with Crippen LogP contribution >= 0.6 is 0 Å². The Balaban J connectivity index is 1.10. The standard InChI is InChI=1S/C54H36N2/c1-3-17-42(18-4-1)55(44-26-23-37-13-7-9-15-39(37)33-44)46-28-31-48-41(35-46)25-30-52-50-32-29-47(36-53(50)49-21-11-12-22-51(49)54(48)52)56(43-19-5-2-6-20-43)45-27-24-38-14-8-10-16-40(38)34-45/h1-36H. The maximum atomic E-state index is 2.38. The number of hydrogen-bond donors (Lipinski definition) is 0. The van der Waals surface area contributed by atoms with E-state index in [0.29, 0.717) is 0 Å². The van der Waals surface area contributed by atoms with Crippen molar-refractivity contribution in [3.63, 3.8) is 0 Å². The number of benzene rings is 11. The third kappa shape index (κ3) is 5.34. The van der Waals surface area contributed by atoms with Crippen molar-refractivity contribution in [2.45, 2.75) is 0 Å². The van der Waals surface area contributed by atoms with Gasteiger partial charge in [0.2, 0.25) is 0 Å². The van der Waals surface area contributed by atoms with Crippen molar-refractivity contribution in [2.75, 3.05) is 9.80 Å². The predicted molar refractivity (Wildman–Crippen MR) is 241 cm³/mol. The molecule has 0 bridgehead atoms. The highest BCUT2D eigenvalue weighted by Crippen LogP contribution is 2.44. The second kappa shape index (κ2) is 13.2. The van der Waals surface area contributed by atoms with Crippen molar-refractivity contribution in [3.8, 4) is 0 Å². The number of fused-ring (bicyclic) bond motifs is 10. The van der Waals surface area contributed by atoms with Crippen LogP contribution in [0.3, 0.4) is 0 Å². The number of hydrogen-bond acceptors (Lipinski definition) is 2. The molecule has 2 nitrogen and oxygen atoms in total. The van der Waals surface area contributed by atoms with Crippen LogP contribution in [0, 0.1) is 0 Å². The third-order valence-corrected chi connectivity index (χ3v) is 11.3. The second-order valence-corrected chi connectivity index (χ2v) is 14.6. The number of para-hydroxylation sites is 2. The molecule has 0 unspecified atom stereocenters. The monoisotopic (exact) mass is 712 g/mol. The molecule has 11 rings (SSSR count). The Kier molecular flexibility index (Phi) is 7.53. The van der Waals surface area contributed by atoms with Gasteiger partial charge >= 0.3 is 0 Å². The van der Waals surface area contributed by atoms with Gasteiger partial charge in [-0.25, -0.2) is 0 Å². The van der Waals surface area contributed by atoms with Crippen molar-refractivity contribution >= 4 is 98.8 Å². The van der Waals surface area contributed by atoms with E-state index in [4.69, 9.17) is 0 Å². The highest BCUT2D eigenvalue weighted by molar-refractivity contribution is 6.32. The van der Waals surface area contributed by atoms with Crippen LogP contribution in [-0.4, -0.2) is 0 Å². The molecule has 0 heterocycles. The predicted octanol–water partition coefficient (Wildman–Crippen LogP) is 15.5. The van der Waals surface area contributed by atoms with E-state index in [-0.39, 0.29) is 0 Å². The van der Waals surface area contributed by atoms with Crippen LogP contribution in [0.4, 0.5) is 34.1 Å². The normalized spacial score (nSPS) is 11.6. The summed E-state index contributed by atoms with van der Waals surface area (Å²) in [4.78, 5) is 4.74. The minimum absolute atomic E-state index is 1.13. The molecule has 0 saturated heterocycles. The molecule has 0 aromatic heterocycles. The van der Waals surface area contributed by atoms with Crippen molar-refractivity contribution in [1.29, 1.82) is 0 Å². The van der Waals surface area contributed by atoms with Gasteiger partial charge in [0.25, 0.3) is 0 Å². The summed E-state index contributed by atoms with van der Waals surface area (Å²) in [6, 6.07) is 79.5. The summed E-state index contributed by atoms with van der Waals surface area (Å²) in [5.41, 5.74) is 6.78. The molecule has 0 aliphatic heterocycles. The molecule has 0 aliphatic rings. The molecule has 0 amide bonds. The topological polar surface area (TPSA) is 6.48 Å². The summed E-state index contributed by atoms with van der Waals surface area (Å²) in [6.07, 6.45) is 0. The summed E-state index contributed by atoms with van der Waals surface area (Å²) >= 11 is 0. The lowest BCUT2D eigenvalue weighted by Gasteiger charge is -2.27. The first-order valence-electron chi connectivity index (χ1n) is 19.3. The van der Waals surface area contributed by atoms with Crippen LogP contribution in [0.15, 0.2) is 218 Å². The first-order chi connectivity index (χ1) is 27.8. The largest absolute Gasteiger partial charge is 0.310 e. The third-order valence-electron chi connectivity index (χ3n) is 11.3. The zero-order valence-corrected chi connectivity index (χ0v) is 30.7. The Labute approximate surface area is 325 Å². The second-order valence-electron chi connectivity index (χ2n) is 14.6. The minimum Gasteiger partial charge on any atom is -0.310 e. The Hall–Kier alpha value is -7.42. The number of rotatable bonds is 6. The fraction of sp³-hybridized carbons (Fsp3) is 0. The van der Waals surface area contributed by atoms with Crippen molar-refractivity contribution in [1.82, 2.24) is 0 Å². The van der Waals surface area contributed by atoms with Crippen molar-refractivity contribution in [3.05, 3.63) is 218 Å². The maximum absolute atomic E-state index is 2.38. The Morgan fingerprint density at radius 2 is 0.571 bits per heavy atom. The van der Waals surface area contributed by atoms with Crippen LogP contribution in [0.5, 0.6) is 0 Å². The van der Waals surface area contributed by atoms with E-state index in [2.05, 4.69) is 228 Å². The van der Waals surface area contributed by atoms with E-state index in [1.165, 1.54) is 64.6 Å². The van der Waals surface area contributed by atoms with Crippen molar-refractivity contribution in [2.24, 2.45) is 0 Å². The number of anilines is 6. The van der Waals surface area contributed by atoms with Gasteiger partial charge in [0.15, 0.2) is 0 Å². The van der Waals surface area contributed by atoms with Gasteiger partial charge in [-0.3, -0.25) is 0 Å². The van der Waals surface area contributed by atoms with Gasteiger partial charge in [0.05, 0.1) is 0 Å². The first-order valence-corrected chi connectivity index (χ1v) is 19.3. The smallest absolute Gasteiger partial charge is 0.0468 e. The van der Waals surface area contributed by atoms with E-state index in [0.717, 1.165) is 34.1 Å². The summed E-state index contributed by atoms with van der Waals surface area (Å²) in [5, 5.41) is 14.9. The van der Waals surface area contributed by atoms with E-state index in [1.807, 2.05) is 0 Å². The fourth-order valence-electron chi connectivity index (χ4n) is 8.72. The minimum atomic E-state index is 1.13. The molecule has 0 atom stereocenters. The zero-order chi connectivity index (χ0) is 37.0. The van der Waals surface area contributed by atoms with Gasteiger partial charge in [-0.2, -0.15) is 0 Å². The zero-order valence-electron chi connectivity index (χ0n) is 30.7. The Morgan fingerprint density at radius 3 is 1.16 bits per heavy atom. The molecule has 262 valence electrons. The van der Waals surface area contributed by atoms with Gasteiger partial charge in [0, 0.05) is 34.1 Å². The average molecular weight is 713 g/mol. The molecule has 0 radical (unpaired) electrons. The van der Waals surface area contributed by atoms with Gasteiger partial charge in [0.1, 0.15) is 0 Å². The molecule has 0 N–H and O–H groups in total. The molecular formula is C54H36N2. The molecular weight excluding hydrogens is 677 g/mol. The van der Waals surface area contributed by atoms with Crippen LogP contribution in [0.25, 0.3) is 64.6 Å². The van der Waals surface area contributed by atoms with E-state index >= 15 is 0 Å². The summed E-state index contributed by atoms with van der Waals surface area (Å²) in [6.45, 7) is 0. The lowest BCUT2D eigenvalue weighted by Crippen LogP contribution is -2.10. The van der Waals surface area contributed by atoms with Gasteiger partial charge in [-0.05, 0) is 137 Å². The lowest BCUT2D eigenvalue weighted by molar-refractivity contribution is 1.29. The maximum Gasteiger partial charge on any atom is 0.0468 e. The summed E-state index contributed by atoms with van der Waals surface area (Å²) < 4.78 is 0. The highest BCUT2D eigenvalue weighted by Gasteiger charge is 2.18. The fourth-order valence-corrected chi connectivity index (χ4v) is 8.72. The highest BCUT2D eigenvalue weighted by atomic mass is 15.1. The molecule has 2 heteroatoms. The van der Waals surface area contributed by atoms with Crippen LogP contribution < -0.4 is 9.80 Å². The molecule has 0 spiro atoms. The summed E-state index contributed by atoms with van der Waals surface area (Å²) in [7, 11) is 0. The Bertz CT molecular complexity index is 3230. The molecule has 11 aromatic carbocycles. The lowest BCUT2D eigenvalue weighted by atomic mass is 9.90. The van der Waals surface area contributed by atoms with Crippen molar-refractivity contribution < 1.29 is 0 Å². The molecule has 0 saturated carbocycles. The van der Waals surface area contributed by atoms with Crippen LogP contribution in [-0.2, 0) is 0 Å². The molecule has 0 fully saturated rings. The van der Waals surface area contributed by atoms with Crippen LogP contribution in [0.2, 0.25) is 0 Å². The Morgan fingerprint density at radius 1 is 0.196 bits per heavy atom. The van der Waals surface area contributed by atoms with E-state index < -0.39 is 0 Å². The SMILES string of the molecule is c1ccc(N(c2ccc3ccccc3c2)c2ccc3c(ccc4c5ccc(N(c6ccccc6)c6ccc7ccccc7c6)cc5c5ccccc5c34)c2)cc1. The van der Waals surface area contributed by atoms with Gasteiger partial charge in [-0.15, -0.1) is 0 Å². The van der Waals surface area contributed by atoms with Gasteiger partial charge < -0.3 is 9.80 Å². The summed E-state index contributed by atoms with van der Waals surface area (Å²) in [5.74, 6) is 0. The molecule has 0 aliphatic carbocycles. The van der Waals surface area contributed by atoms with Crippen LogP contribution in [0.1, 0.15) is 0 Å².